The molecule has 1 unspecified atom stereocenters. The van der Waals surface area contributed by atoms with Crippen molar-refractivity contribution in [1.82, 2.24) is 9.80 Å². The molecule has 3 amide bonds. The molecule has 2 heterocycles. The van der Waals surface area contributed by atoms with Gasteiger partial charge in [0, 0.05) is 31.2 Å². The summed E-state index contributed by atoms with van der Waals surface area (Å²) in [5, 5.41) is 0. The minimum Gasteiger partial charge on any atom is -0.328 e. The van der Waals surface area contributed by atoms with Gasteiger partial charge < -0.3 is 14.7 Å². The van der Waals surface area contributed by atoms with Gasteiger partial charge in [-0.2, -0.15) is 13.2 Å². The van der Waals surface area contributed by atoms with Crippen LogP contribution >= 0.6 is 0 Å². The van der Waals surface area contributed by atoms with Gasteiger partial charge in [0.25, 0.3) is 11.8 Å². The van der Waals surface area contributed by atoms with E-state index < -0.39 is 35.0 Å². The predicted octanol–water partition coefficient (Wildman–Crippen LogP) is 3.46. The van der Waals surface area contributed by atoms with E-state index in [-0.39, 0.29) is 32.1 Å². The predicted molar refractivity (Wildman–Crippen MR) is 115 cm³/mol. The van der Waals surface area contributed by atoms with Crippen LogP contribution in [0.15, 0.2) is 54.6 Å². The molecule has 2 aliphatic rings. The first kappa shape index (κ1) is 22.8. The number of amides is 3. The van der Waals surface area contributed by atoms with Crippen LogP contribution < -0.4 is 4.90 Å². The van der Waals surface area contributed by atoms with Crippen molar-refractivity contribution in [2.24, 2.45) is 0 Å². The average Bonchev–Trinajstić information content (AvgIpc) is 3.11. The van der Waals surface area contributed by atoms with E-state index in [1.807, 2.05) is 6.07 Å². The highest BCUT2D eigenvalue weighted by Crippen LogP contribution is 2.39. The van der Waals surface area contributed by atoms with Crippen LogP contribution in [0, 0.1) is 0 Å². The van der Waals surface area contributed by atoms with Gasteiger partial charge in [0.2, 0.25) is 11.4 Å². The maximum absolute atomic E-state index is 13.7. The SMILES string of the molecule is CC(C)N1CC(=O)N(Cc2ccc(C(F)(F)F)cc2)C2(CCN(c3ccccc3)C2=O)C1=O. The number of hydrogen-bond acceptors (Lipinski definition) is 3. The molecule has 0 N–H and O–H groups in total. The van der Waals surface area contributed by atoms with Crippen LogP contribution in [0.1, 0.15) is 31.4 Å². The molecule has 9 heteroatoms. The third-order valence-corrected chi connectivity index (χ3v) is 6.29. The maximum Gasteiger partial charge on any atom is 0.416 e. The first-order chi connectivity index (χ1) is 15.6. The fraction of sp³-hybridized carbons (Fsp3) is 0.375. The lowest BCUT2D eigenvalue weighted by Crippen LogP contribution is -2.71. The quantitative estimate of drug-likeness (QED) is 0.658. The molecule has 2 aliphatic heterocycles. The topological polar surface area (TPSA) is 60.9 Å². The molecule has 0 aromatic heterocycles. The number of benzene rings is 2. The number of carbonyl (C=O) groups is 3. The highest BCUT2D eigenvalue weighted by Gasteiger charge is 2.62. The summed E-state index contributed by atoms with van der Waals surface area (Å²) in [7, 11) is 0. The van der Waals surface area contributed by atoms with Gasteiger partial charge in [0.05, 0.1) is 5.56 Å². The highest BCUT2D eigenvalue weighted by molar-refractivity contribution is 6.21. The third kappa shape index (κ3) is 3.85. The number of nitrogens with zero attached hydrogens (tertiary/aromatic N) is 3. The number of hydrogen-bond donors (Lipinski definition) is 0. The van der Waals surface area contributed by atoms with Gasteiger partial charge in [-0.05, 0) is 43.7 Å². The molecule has 1 atom stereocenters. The van der Waals surface area contributed by atoms with E-state index >= 15 is 0 Å². The summed E-state index contributed by atoms with van der Waals surface area (Å²) in [5.41, 5.74) is -1.50. The summed E-state index contributed by atoms with van der Waals surface area (Å²) in [6.07, 6.45) is -4.37. The molecular weight excluding hydrogens is 435 g/mol. The zero-order valence-electron chi connectivity index (χ0n) is 18.3. The van der Waals surface area contributed by atoms with Crippen molar-refractivity contribution in [1.29, 1.82) is 0 Å². The molecule has 0 radical (unpaired) electrons. The summed E-state index contributed by atoms with van der Waals surface area (Å²) in [6, 6.07) is 13.0. The highest BCUT2D eigenvalue weighted by atomic mass is 19.4. The second kappa shape index (κ2) is 8.20. The van der Waals surface area contributed by atoms with Crippen LogP contribution in [0.5, 0.6) is 0 Å². The van der Waals surface area contributed by atoms with Crippen LogP contribution in [0.2, 0.25) is 0 Å². The molecule has 33 heavy (non-hydrogen) atoms. The Morgan fingerprint density at radius 3 is 2.15 bits per heavy atom. The summed E-state index contributed by atoms with van der Waals surface area (Å²) >= 11 is 0. The van der Waals surface area contributed by atoms with E-state index in [2.05, 4.69) is 0 Å². The van der Waals surface area contributed by atoms with Crippen LogP contribution in [0.25, 0.3) is 0 Å². The van der Waals surface area contributed by atoms with Crippen molar-refractivity contribution in [3.05, 3.63) is 65.7 Å². The summed E-state index contributed by atoms with van der Waals surface area (Å²) in [5.74, 6) is -1.36. The molecule has 0 aliphatic carbocycles. The smallest absolute Gasteiger partial charge is 0.328 e. The van der Waals surface area contributed by atoms with Gasteiger partial charge in [0.15, 0.2) is 0 Å². The Labute approximate surface area is 189 Å². The largest absolute Gasteiger partial charge is 0.416 e. The minimum absolute atomic E-state index is 0.106. The first-order valence-corrected chi connectivity index (χ1v) is 10.7. The molecule has 2 aromatic rings. The standard InChI is InChI=1S/C24H24F3N3O3/c1-16(2)29-15-20(31)30(14-17-8-10-18(11-9-17)24(25,26)27)23(22(29)33)12-13-28(21(23)32)19-6-4-3-5-7-19/h3-11,16H,12-15H2,1-2H3. The Morgan fingerprint density at radius 2 is 1.58 bits per heavy atom. The lowest BCUT2D eigenvalue weighted by atomic mass is 9.88. The molecule has 2 fully saturated rings. The van der Waals surface area contributed by atoms with Crippen molar-refractivity contribution in [2.75, 3.05) is 18.0 Å². The number of carbonyl (C=O) groups excluding carboxylic acids is 3. The second-order valence-electron chi connectivity index (χ2n) is 8.60. The van der Waals surface area contributed by atoms with Crippen molar-refractivity contribution in [3.63, 3.8) is 0 Å². The van der Waals surface area contributed by atoms with Crippen molar-refractivity contribution >= 4 is 23.4 Å². The Balaban J connectivity index is 1.72. The van der Waals surface area contributed by atoms with E-state index in [4.69, 9.17) is 0 Å². The van der Waals surface area contributed by atoms with Crippen molar-refractivity contribution in [2.45, 2.75) is 44.6 Å². The van der Waals surface area contributed by atoms with E-state index in [1.165, 1.54) is 26.8 Å². The third-order valence-electron chi connectivity index (χ3n) is 6.29. The van der Waals surface area contributed by atoms with Crippen molar-refractivity contribution in [3.8, 4) is 0 Å². The van der Waals surface area contributed by atoms with Crippen LogP contribution in [-0.4, -0.2) is 52.2 Å². The number of para-hydroxylation sites is 1. The summed E-state index contributed by atoms with van der Waals surface area (Å²) < 4.78 is 38.8. The van der Waals surface area contributed by atoms with Gasteiger partial charge in [-0.15, -0.1) is 0 Å². The molecule has 0 bridgehead atoms. The van der Waals surface area contributed by atoms with E-state index in [9.17, 15) is 27.6 Å². The normalized spacial score (nSPS) is 21.6. The van der Waals surface area contributed by atoms with E-state index in [1.54, 1.807) is 38.1 Å². The number of anilines is 1. The summed E-state index contributed by atoms with van der Waals surface area (Å²) in [4.78, 5) is 44.7. The minimum atomic E-state index is -4.48. The average molecular weight is 459 g/mol. The molecule has 4 rings (SSSR count). The Morgan fingerprint density at radius 1 is 0.939 bits per heavy atom. The molecule has 0 saturated carbocycles. The number of rotatable bonds is 4. The molecular formula is C24H24F3N3O3. The summed E-state index contributed by atoms with van der Waals surface area (Å²) in [6.45, 7) is 3.48. The van der Waals surface area contributed by atoms with Gasteiger partial charge >= 0.3 is 6.18 Å². The van der Waals surface area contributed by atoms with Crippen molar-refractivity contribution < 1.29 is 27.6 Å². The lowest BCUT2D eigenvalue weighted by molar-refractivity contribution is -0.170. The van der Waals surface area contributed by atoms with E-state index in [0.717, 1.165) is 12.1 Å². The Bertz CT molecular complexity index is 1070. The second-order valence-corrected chi connectivity index (χ2v) is 8.60. The Kier molecular flexibility index (Phi) is 5.67. The van der Waals surface area contributed by atoms with Crippen LogP contribution in [0.3, 0.4) is 0 Å². The zero-order chi connectivity index (χ0) is 24.0. The fourth-order valence-corrected chi connectivity index (χ4v) is 4.50. The number of alkyl halides is 3. The number of halogens is 3. The monoisotopic (exact) mass is 459 g/mol. The van der Waals surface area contributed by atoms with Gasteiger partial charge in [-0.1, -0.05) is 30.3 Å². The van der Waals surface area contributed by atoms with Crippen LogP contribution in [0.4, 0.5) is 18.9 Å². The zero-order valence-corrected chi connectivity index (χ0v) is 18.3. The Hall–Kier alpha value is -3.36. The van der Waals surface area contributed by atoms with Crippen LogP contribution in [-0.2, 0) is 27.1 Å². The molecule has 174 valence electrons. The maximum atomic E-state index is 13.7. The molecule has 1 spiro atoms. The fourth-order valence-electron chi connectivity index (χ4n) is 4.50. The number of piperazine rings is 1. The van der Waals surface area contributed by atoms with E-state index in [0.29, 0.717) is 11.3 Å². The van der Waals surface area contributed by atoms with Gasteiger partial charge in [0.1, 0.15) is 6.54 Å². The van der Waals surface area contributed by atoms with Gasteiger partial charge in [-0.25, -0.2) is 0 Å². The lowest BCUT2D eigenvalue weighted by Gasteiger charge is -2.47. The molecule has 2 saturated heterocycles. The first-order valence-electron chi connectivity index (χ1n) is 10.7. The molecule has 2 aromatic carbocycles. The molecule has 6 nitrogen and oxygen atoms in total. The van der Waals surface area contributed by atoms with Gasteiger partial charge in [-0.3, -0.25) is 14.4 Å².